The number of nitrogens with zero attached hydrogens (tertiary/aromatic N) is 1. The average molecular weight is 265 g/mol. The minimum absolute atomic E-state index is 0.163. The molecule has 1 aromatic heterocycles. The Kier molecular flexibility index (Phi) is 5.78. The summed E-state index contributed by atoms with van der Waals surface area (Å²) in [6.45, 7) is 3.94. The van der Waals surface area contributed by atoms with E-state index in [1.807, 2.05) is 12.1 Å². The van der Waals surface area contributed by atoms with Gasteiger partial charge in [-0.2, -0.15) is 0 Å². The number of carbonyl (C=O) groups is 2. The lowest BCUT2D eigenvalue weighted by atomic mass is 10.1. The van der Waals surface area contributed by atoms with Gasteiger partial charge in [-0.1, -0.05) is 13.8 Å². The number of nitrogens with one attached hydrogen (secondary N) is 2. The van der Waals surface area contributed by atoms with Crippen molar-refractivity contribution < 1.29 is 14.7 Å². The Morgan fingerprint density at radius 3 is 2.47 bits per heavy atom. The number of carbonyl (C=O) groups excluding carboxylic acids is 1. The summed E-state index contributed by atoms with van der Waals surface area (Å²) < 4.78 is 0. The molecule has 2 amide bonds. The predicted molar refractivity (Wildman–Crippen MR) is 70.7 cm³/mol. The lowest BCUT2D eigenvalue weighted by Gasteiger charge is -2.18. The summed E-state index contributed by atoms with van der Waals surface area (Å²) in [6, 6.07) is 2.40. The van der Waals surface area contributed by atoms with E-state index in [2.05, 4.69) is 15.6 Å². The molecule has 104 valence electrons. The number of aromatic nitrogens is 1. The maximum absolute atomic E-state index is 11.6. The predicted octanol–water partition coefficient (Wildman–Crippen LogP) is 1.03. The normalized spacial score (nSPS) is 11.9. The highest BCUT2D eigenvalue weighted by molar-refractivity contribution is 5.82. The Labute approximate surface area is 112 Å². The van der Waals surface area contributed by atoms with Crippen molar-refractivity contribution in [1.82, 2.24) is 15.6 Å². The van der Waals surface area contributed by atoms with Gasteiger partial charge in [0.15, 0.2) is 0 Å². The minimum atomic E-state index is -1.03. The third-order valence-electron chi connectivity index (χ3n) is 2.67. The van der Waals surface area contributed by atoms with Crippen molar-refractivity contribution in [2.45, 2.75) is 26.3 Å². The molecule has 19 heavy (non-hydrogen) atoms. The molecule has 1 heterocycles. The zero-order chi connectivity index (χ0) is 14.3. The number of pyridine rings is 1. The third-order valence-corrected chi connectivity index (χ3v) is 2.67. The quantitative estimate of drug-likeness (QED) is 0.716. The Morgan fingerprint density at radius 1 is 1.32 bits per heavy atom. The zero-order valence-corrected chi connectivity index (χ0v) is 11.1. The standard InChI is InChI=1S/C13H19N3O3/c1-9(2)11(12(17)18)16-13(19)15-8-5-10-3-6-14-7-4-10/h3-4,6-7,9,11H,5,8H2,1-2H3,(H,17,18)(H2,15,16,19)/t11-/m0/s1. The largest absolute Gasteiger partial charge is 0.480 e. The number of aliphatic carboxylic acids is 1. The van der Waals surface area contributed by atoms with E-state index in [1.54, 1.807) is 26.2 Å². The van der Waals surface area contributed by atoms with Crippen LogP contribution in [0.25, 0.3) is 0 Å². The van der Waals surface area contributed by atoms with E-state index in [0.717, 1.165) is 5.56 Å². The van der Waals surface area contributed by atoms with Crippen molar-refractivity contribution in [3.63, 3.8) is 0 Å². The van der Waals surface area contributed by atoms with Crippen LogP contribution in [-0.4, -0.2) is 34.7 Å². The minimum Gasteiger partial charge on any atom is -0.480 e. The fraction of sp³-hybridized carbons (Fsp3) is 0.462. The Morgan fingerprint density at radius 2 is 1.95 bits per heavy atom. The van der Waals surface area contributed by atoms with Gasteiger partial charge in [0.2, 0.25) is 0 Å². The maximum Gasteiger partial charge on any atom is 0.326 e. The van der Waals surface area contributed by atoms with Crippen LogP contribution < -0.4 is 10.6 Å². The molecule has 0 saturated heterocycles. The van der Waals surface area contributed by atoms with E-state index in [4.69, 9.17) is 5.11 Å². The molecular formula is C13H19N3O3. The van der Waals surface area contributed by atoms with Crippen LogP contribution in [0.5, 0.6) is 0 Å². The molecule has 0 aliphatic heterocycles. The molecule has 0 radical (unpaired) electrons. The molecular weight excluding hydrogens is 246 g/mol. The molecule has 0 saturated carbocycles. The van der Waals surface area contributed by atoms with Crippen LogP contribution in [0.3, 0.4) is 0 Å². The van der Waals surface area contributed by atoms with E-state index in [1.165, 1.54) is 0 Å². The molecule has 6 heteroatoms. The summed E-state index contributed by atoms with van der Waals surface area (Å²) in [4.78, 5) is 26.4. The molecule has 1 aromatic rings. The first kappa shape index (κ1) is 14.9. The van der Waals surface area contributed by atoms with E-state index >= 15 is 0 Å². The van der Waals surface area contributed by atoms with Crippen molar-refractivity contribution in [2.24, 2.45) is 5.92 Å². The fourth-order valence-corrected chi connectivity index (χ4v) is 1.58. The Bertz CT molecular complexity index is 420. The summed E-state index contributed by atoms with van der Waals surface area (Å²) in [7, 11) is 0. The SMILES string of the molecule is CC(C)[C@H](NC(=O)NCCc1ccncc1)C(=O)O. The second-order valence-electron chi connectivity index (χ2n) is 4.57. The Hall–Kier alpha value is -2.11. The highest BCUT2D eigenvalue weighted by Gasteiger charge is 2.22. The highest BCUT2D eigenvalue weighted by atomic mass is 16.4. The van der Waals surface area contributed by atoms with Crippen molar-refractivity contribution >= 4 is 12.0 Å². The summed E-state index contributed by atoms with van der Waals surface area (Å²) in [5.74, 6) is -1.19. The number of hydrogen-bond acceptors (Lipinski definition) is 3. The molecule has 6 nitrogen and oxygen atoms in total. The smallest absolute Gasteiger partial charge is 0.326 e. The zero-order valence-electron chi connectivity index (χ0n) is 11.1. The maximum atomic E-state index is 11.6. The molecule has 0 spiro atoms. The van der Waals surface area contributed by atoms with Crippen molar-refractivity contribution in [3.05, 3.63) is 30.1 Å². The van der Waals surface area contributed by atoms with Gasteiger partial charge in [0, 0.05) is 18.9 Å². The van der Waals surface area contributed by atoms with Crippen molar-refractivity contribution in [1.29, 1.82) is 0 Å². The van der Waals surface area contributed by atoms with Crippen LogP contribution in [0.4, 0.5) is 4.79 Å². The van der Waals surface area contributed by atoms with Gasteiger partial charge in [-0.05, 0) is 30.0 Å². The summed E-state index contributed by atoms with van der Waals surface area (Å²) in [5, 5.41) is 14.0. The lowest BCUT2D eigenvalue weighted by molar-refractivity contribution is -0.140. The summed E-state index contributed by atoms with van der Waals surface area (Å²) >= 11 is 0. The van der Waals surface area contributed by atoms with E-state index in [9.17, 15) is 9.59 Å². The molecule has 3 N–H and O–H groups in total. The molecule has 1 rings (SSSR count). The van der Waals surface area contributed by atoms with E-state index in [-0.39, 0.29) is 5.92 Å². The average Bonchev–Trinajstić information content (AvgIpc) is 2.36. The fourth-order valence-electron chi connectivity index (χ4n) is 1.58. The molecule has 0 fully saturated rings. The number of hydrogen-bond donors (Lipinski definition) is 3. The van der Waals surface area contributed by atoms with Gasteiger partial charge in [-0.15, -0.1) is 0 Å². The van der Waals surface area contributed by atoms with Crippen LogP contribution in [0.1, 0.15) is 19.4 Å². The van der Waals surface area contributed by atoms with Crippen LogP contribution >= 0.6 is 0 Å². The van der Waals surface area contributed by atoms with E-state index in [0.29, 0.717) is 13.0 Å². The topological polar surface area (TPSA) is 91.3 Å². The van der Waals surface area contributed by atoms with Gasteiger partial charge in [0.25, 0.3) is 0 Å². The van der Waals surface area contributed by atoms with Crippen molar-refractivity contribution in [2.75, 3.05) is 6.54 Å². The first-order valence-electron chi connectivity index (χ1n) is 6.16. The Balaban J connectivity index is 2.33. The van der Waals surface area contributed by atoms with Gasteiger partial charge in [-0.25, -0.2) is 9.59 Å². The monoisotopic (exact) mass is 265 g/mol. The molecule has 0 aromatic carbocycles. The molecule has 0 aliphatic carbocycles. The van der Waals surface area contributed by atoms with Gasteiger partial charge in [0.1, 0.15) is 6.04 Å². The number of amides is 2. The second kappa shape index (κ2) is 7.35. The number of urea groups is 1. The summed E-state index contributed by atoms with van der Waals surface area (Å²) in [5.41, 5.74) is 1.06. The molecule has 1 atom stereocenters. The molecule has 0 unspecified atom stereocenters. The second-order valence-corrected chi connectivity index (χ2v) is 4.57. The van der Waals surface area contributed by atoms with E-state index < -0.39 is 18.0 Å². The third kappa shape index (κ3) is 5.37. The lowest BCUT2D eigenvalue weighted by Crippen LogP contribution is -2.48. The first-order valence-corrected chi connectivity index (χ1v) is 6.16. The van der Waals surface area contributed by atoms with Crippen LogP contribution in [-0.2, 0) is 11.2 Å². The van der Waals surface area contributed by atoms with Crippen LogP contribution in [0.15, 0.2) is 24.5 Å². The number of carboxylic acid groups (broad SMARTS) is 1. The molecule has 0 bridgehead atoms. The van der Waals surface area contributed by atoms with Gasteiger partial charge in [-0.3, -0.25) is 4.98 Å². The van der Waals surface area contributed by atoms with Crippen molar-refractivity contribution in [3.8, 4) is 0 Å². The number of carboxylic acids is 1. The summed E-state index contributed by atoms with van der Waals surface area (Å²) in [6.07, 6.45) is 4.05. The van der Waals surface area contributed by atoms with Gasteiger partial charge in [0.05, 0.1) is 0 Å². The van der Waals surface area contributed by atoms with Crippen LogP contribution in [0, 0.1) is 5.92 Å². The van der Waals surface area contributed by atoms with Gasteiger partial charge >= 0.3 is 12.0 Å². The molecule has 0 aliphatic rings. The van der Waals surface area contributed by atoms with Gasteiger partial charge < -0.3 is 15.7 Å². The highest BCUT2D eigenvalue weighted by Crippen LogP contribution is 2.01. The first-order chi connectivity index (χ1) is 9.00. The van der Waals surface area contributed by atoms with Crippen LogP contribution in [0.2, 0.25) is 0 Å². The number of rotatable bonds is 6.